The first-order chi connectivity index (χ1) is 13.3. The summed E-state index contributed by atoms with van der Waals surface area (Å²) in [6.07, 6.45) is 4.21. The van der Waals surface area contributed by atoms with Gasteiger partial charge < -0.3 is 19.5 Å². The topological polar surface area (TPSA) is 59.0 Å². The van der Waals surface area contributed by atoms with Crippen LogP contribution >= 0.6 is 0 Å². The molecule has 2 fully saturated rings. The van der Waals surface area contributed by atoms with Crippen molar-refractivity contribution in [1.29, 1.82) is 0 Å². The lowest BCUT2D eigenvalue weighted by Gasteiger charge is -2.68. The molecule has 5 rings (SSSR count). The summed E-state index contributed by atoms with van der Waals surface area (Å²) in [4.78, 5) is 15.2. The van der Waals surface area contributed by atoms with Crippen molar-refractivity contribution in [2.24, 2.45) is 11.3 Å². The number of benzene rings is 1. The highest BCUT2D eigenvalue weighted by atomic mass is 16.6. The van der Waals surface area contributed by atoms with E-state index >= 15 is 0 Å². The minimum atomic E-state index is -0.765. The number of carbonyl (C=O) groups is 1. The van der Waals surface area contributed by atoms with Crippen molar-refractivity contribution in [1.82, 2.24) is 4.90 Å². The summed E-state index contributed by atoms with van der Waals surface area (Å²) in [5, 5.41) is 10.7. The molecule has 6 atom stereocenters. The number of nitrogens with zero attached hydrogens (tertiary/aromatic N) is 1. The number of Topliss-reactive ketones (excluding diaryl/α,β-unsaturated/α-hetero) is 1. The molecule has 150 valence electrons. The van der Waals surface area contributed by atoms with Gasteiger partial charge in [-0.25, -0.2) is 0 Å². The van der Waals surface area contributed by atoms with Crippen LogP contribution in [-0.4, -0.2) is 54.2 Å². The molecule has 1 aromatic carbocycles. The molecule has 2 aliphatic heterocycles. The molecule has 2 heterocycles. The average Bonchev–Trinajstić information content (AvgIpc) is 3.04. The molecule has 2 aliphatic carbocycles. The summed E-state index contributed by atoms with van der Waals surface area (Å²) in [5.74, 6) is 0.594. The van der Waals surface area contributed by atoms with E-state index in [2.05, 4.69) is 24.6 Å². The van der Waals surface area contributed by atoms with Gasteiger partial charge in [0, 0.05) is 24.1 Å². The van der Waals surface area contributed by atoms with Crippen molar-refractivity contribution < 1.29 is 19.4 Å². The smallest absolute Gasteiger partial charge is 0.165 e. The zero-order chi connectivity index (χ0) is 20.1. The summed E-state index contributed by atoms with van der Waals surface area (Å²) < 4.78 is 12.6. The Balaban J connectivity index is 1.88. The Morgan fingerprint density at radius 2 is 2.21 bits per heavy atom. The largest absolute Gasteiger partial charge is 0.504 e. The number of carbonyl (C=O) groups excluding carboxylic acids is 1. The maximum Gasteiger partial charge on any atom is 0.165 e. The lowest BCUT2D eigenvalue weighted by molar-refractivity contribution is -0.212. The van der Waals surface area contributed by atoms with Crippen LogP contribution in [0.25, 0.3) is 0 Å². The molecule has 1 aromatic rings. The highest BCUT2D eigenvalue weighted by Gasteiger charge is 2.76. The Hall–Kier alpha value is -1.85. The quantitative estimate of drug-likeness (QED) is 0.814. The van der Waals surface area contributed by atoms with Crippen LogP contribution in [0.1, 0.15) is 37.8 Å². The molecule has 5 heteroatoms. The molecule has 0 aromatic heterocycles. The van der Waals surface area contributed by atoms with Crippen LogP contribution in [0.5, 0.6) is 11.5 Å². The zero-order valence-electron chi connectivity index (χ0n) is 17.1. The van der Waals surface area contributed by atoms with Crippen molar-refractivity contribution in [3.05, 3.63) is 35.9 Å². The van der Waals surface area contributed by atoms with Crippen LogP contribution in [0.2, 0.25) is 0 Å². The van der Waals surface area contributed by atoms with E-state index in [1.165, 1.54) is 5.56 Å². The number of hydrogen-bond acceptors (Lipinski definition) is 5. The van der Waals surface area contributed by atoms with Gasteiger partial charge in [-0.05, 0) is 58.3 Å². The van der Waals surface area contributed by atoms with Gasteiger partial charge in [0.2, 0.25) is 0 Å². The number of likely N-dealkylation sites (tertiary alicyclic amines) is 1. The molecular weight excluding hydrogens is 354 g/mol. The summed E-state index contributed by atoms with van der Waals surface area (Å²) in [7, 11) is 3.85. The molecule has 0 radical (unpaired) electrons. The summed E-state index contributed by atoms with van der Waals surface area (Å²) in [5.41, 5.74) is 0.963. The normalized spacial score (nSPS) is 43.2. The van der Waals surface area contributed by atoms with Crippen LogP contribution in [0, 0.1) is 11.3 Å². The molecular formula is C23H29NO4. The average molecular weight is 383 g/mol. The maximum atomic E-state index is 12.8. The number of likely N-dealkylation sites (N-methyl/N-ethyl adjacent to an activating group) is 1. The van der Waals surface area contributed by atoms with Gasteiger partial charge in [0.25, 0.3) is 0 Å². The Labute approximate surface area is 166 Å². The van der Waals surface area contributed by atoms with Gasteiger partial charge in [-0.3, -0.25) is 4.79 Å². The number of methoxy groups -OCH3 is 1. The van der Waals surface area contributed by atoms with Gasteiger partial charge in [-0.15, -0.1) is 6.58 Å². The molecule has 2 bridgehead atoms. The van der Waals surface area contributed by atoms with Crippen molar-refractivity contribution in [2.45, 2.75) is 56.3 Å². The predicted octanol–water partition coefficient (Wildman–Crippen LogP) is 2.84. The van der Waals surface area contributed by atoms with Crippen LogP contribution in [0.4, 0.5) is 0 Å². The van der Waals surface area contributed by atoms with E-state index in [1.807, 2.05) is 13.0 Å². The number of ketones is 1. The maximum absolute atomic E-state index is 12.8. The first-order valence-electron chi connectivity index (χ1n) is 10.2. The Bertz CT molecular complexity index is 897. The molecule has 5 nitrogen and oxygen atoms in total. The molecule has 0 amide bonds. The molecule has 4 aliphatic rings. The first kappa shape index (κ1) is 18.2. The SMILES string of the molecule is C=C[C@]12C[C@H](C(C)=O)[C@@](C)(OC)[C@@H]3Oc4c(O)ccc5c4[C@@]31CCN(C)[C@@H]2C5. The number of rotatable bonds is 3. The highest BCUT2D eigenvalue weighted by molar-refractivity contribution is 5.81. The summed E-state index contributed by atoms with van der Waals surface area (Å²) in [6.45, 7) is 8.91. The third-order valence-corrected chi connectivity index (χ3v) is 8.63. The van der Waals surface area contributed by atoms with Gasteiger partial charge in [0.1, 0.15) is 17.5 Å². The number of phenolic OH excluding ortho intramolecular Hbond substituents is 1. The second-order valence-corrected chi connectivity index (χ2v) is 9.37. The van der Waals surface area contributed by atoms with Crippen molar-refractivity contribution >= 4 is 5.78 Å². The van der Waals surface area contributed by atoms with E-state index in [-0.39, 0.29) is 40.4 Å². The lowest BCUT2D eigenvalue weighted by Crippen LogP contribution is -2.77. The van der Waals surface area contributed by atoms with Crippen LogP contribution < -0.4 is 4.74 Å². The molecule has 1 saturated heterocycles. The van der Waals surface area contributed by atoms with Gasteiger partial charge in [-0.1, -0.05) is 12.1 Å². The predicted molar refractivity (Wildman–Crippen MR) is 106 cm³/mol. The number of hydrogen-bond donors (Lipinski definition) is 1. The molecule has 1 saturated carbocycles. The van der Waals surface area contributed by atoms with Gasteiger partial charge in [0.05, 0.1) is 11.3 Å². The number of aromatic hydroxyl groups is 1. The van der Waals surface area contributed by atoms with E-state index in [0.29, 0.717) is 12.2 Å². The van der Waals surface area contributed by atoms with Crippen molar-refractivity contribution in [3.63, 3.8) is 0 Å². The number of piperidine rings is 1. The Morgan fingerprint density at radius 3 is 2.86 bits per heavy atom. The Morgan fingerprint density at radius 1 is 1.46 bits per heavy atom. The second-order valence-electron chi connectivity index (χ2n) is 9.37. The van der Waals surface area contributed by atoms with Crippen LogP contribution in [-0.2, 0) is 21.4 Å². The second kappa shape index (κ2) is 5.39. The van der Waals surface area contributed by atoms with E-state index in [9.17, 15) is 9.90 Å². The summed E-state index contributed by atoms with van der Waals surface area (Å²) >= 11 is 0. The van der Waals surface area contributed by atoms with Gasteiger partial charge >= 0.3 is 0 Å². The lowest BCUT2D eigenvalue weighted by atomic mass is 9.39. The van der Waals surface area contributed by atoms with E-state index in [1.54, 1.807) is 20.1 Å². The fourth-order valence-electron chi connectivity index (χ4n) is 7.30. The molecule has 1 N–H and O–H groups in total. The first-order valence-corrected chi connectivity index (χ1v) is 10.2. The number of ether oxygens (including phenoxy) is 2. The molecule has 1 spiro atoms. The third-order valence-electron chi connectivity index (χ3n) is 8.63. The van der Waals surface area contributed by atoms with Crippen molar-refractivity contribution in [3.8, 4) is 11.5 Å². The Kier molecular flexibility index (Phi) is 3.50. The van der Waals surface area contributed by atoms with Gasteiger partial charge in [0.15, 0.2) is 11.5 Å². The monoisotopic (exact) mass is 383 g/mol. The fourth-order valence-corrected chi connectivity index (χ4v) is 7.30. The summed E-state index contributed by atoms with van der Waals surface area (Å²) in [6, 6.07) is 4.03. The molecule has 28 heavy (non-hydrogen) atoms. The standard InChI is InChI=1S/C23H29NO4/c1-6-22-12-15(13(2)25)21(3,27-5)20-23(22)9-10-24(4)17(22)11-14-7-8-16(26)19(28-20)18(14)23/h6-8,15,17,20,26H,1,9-12H2,2-5H3/t15-,17-,20+,21-,22-,23+/m1/s1. The molecule has 0 unspecified atom stereocenters. The van der Waals surface area contributed by atoms with E-state index in [0.717, 1.165) is 24.9 Å². The van der Waals surface area contributed by atoms with Gasteiger partial charge in [-0.2, -0.15) is 0 Å². The van der Waals surface area contributed by atoms with Crippen LogP contribution in [0.3, 0.4) is 0 Å². The number of phenols is 1. The third kappa shape index (κ3) is 1.70. The highest BCUT2D eigenvalue weighted by Crippen LogP contribution is 2.72. The minimum absolute atomic E-state index is 0.121. The minimum Gasteiger partial charge on any atom is -0.504 e. The van der Waals surface area contributed by atoms with Crippen LogP contribution in [0.15, 0.2) is 24.8 Å². The fraction of sp³-hybridized carbons (Fsp3) is 0.609. The van der Waals surface area contributed by atoms with Crippen molar-refractivity contribution in [2.75, 3.05) is 20.7 Å². The van der Waals surface area contributed by atoms with E-state index in [4.69, 9.17) is 9.47 Å². The zero-order valence-corrected chi connectivity index (χ0v) is 17.1. The van der Waals surface area contributed by atoms with E-state index < -0.39 is 5.60 Å².